The molecule has 1 amide bonds. The summed E-state index contributed by atoms with van der Waals surface area (Å²) >= 11 is 5.96. The summed E-state index contributed by atoms with van der Waals surface area (Å²) in [6.07, 6.45) is 2.47. The molecule has 2 aromatic carbocycles. The van der Waals surface area contributed by atoms with Gasteiger partial charge < -0.3 is 5.32 Å². The van der Waals surface area contributed by atoms with Crippen molar-refractivity contribution in [1.29, 1.82) is 0 Å². The maximum atomic E-state index is 13.7. The first-order valence-electron chi connectivity index (χ1n) is 8.25. The van der Waals surface area contributed by atoms with Crippen LogP contribution in [-0.2, 0) is 6.42 Å². The zero-order valence-corrected chi connectivity index (χ0v) is 14.8. The third-order valence-electron chi connectivity index (χ3n) is 4.05. The van der Waals surface area contributed by atoms with Crippen LogP contribution >= 0.6 is 11.6 Å². The molecular weight excluding hydrogens is 351 g/mol. The molecule has 26 heavy (non-hydrogen) atoms. The molecule has 0 aliphatic carbocycles. The monoisotopic (exact) mass is 368 g/mol. The number of rotatable bonds is 6. The third kappa shape index (κ3) is 4.46. The molecule has 0 saturated carbocycles. The van der Waals surface area contributed by atoms with Crippen molar-refractivity contribution in [1.82, 2.24) is 10.3 Å². The molecule has 0 unspecified atom stereocenters. The van der Waals surface area contributed by atoms with Gasteiger partial charge in [-0.1, -0.05) is 60.6 Å². The van der Waals surface area contributed by atoms with Gasteiger partial charge in [-0.15, -0.1) is 0 Å². The zero-order valence-electron chi connectivity index (χ0n) is 14.1. The molecule has 3 rings (SSSR count). The van der Waals surface area contributed by atoms with Crippen molar-refractivity contribution in [3.8, 4) is 0 Å². The maximum Gasteiger partial charge on any atom is 0.253 e. The van der Waals surface area contributed by atoms with Crippen molar-refractivity contribution in [2.24, 2.45) is 0 Å². The minimum atomic E-state index is -0.408. The highest BCUT2D eigenvalue weighted by atomic mass is 35.5. The molecule has 3 aromatic rings. The highest BCUT2D eigenvalue weighted by Gasteiger charge is 2.16. The van der Waals surface area contributed by atoms with Gasteiger partial charge in [-0.2, -0.15) is 0 Å². The molecule has 0 aliphatic heterocycles. The lowest BCUT2D eigenvalue weighted by Gasteiger charge is -2.18. The Hall–Kier alpha value is -2.72. The van der Waals surface area contributed by atoms with E-state index in [1.54, 1.807) is 18.2 Å². The van der Waals surface area contributed by atoms with Crippen molar-refractivity contribution in [3.05, 3.63) is 89.3 Å². The number of nitrogens with zero attached hydrogens (tertiary/aromatic N) is 1. The van der Waals surface area contributed by atoms with E-state index in [1.165, 1.54) is 12.3 Å². The number of benzene rings is 2. The van der Waals surface area contributed by atoms with Gasteiger partial charge in [0.1, 0.15) is 11.3 Å². The Kier molecular flexibility index (Phi) is 5.64. The molecule has 0 radical (unpaired) electrons. The summed E-state index contributed by atoms with van der Waals surface area (Å²) in [6, 6.07) is 15.9. The van der Waals surface area contributed by atoms with E-state index in [0.717, 1.165) is 5.56 Å². The summed E-state index contributed by atoms with van der Waals surface area (Å²) in [7, 11) is 0. The van der Waals surface area contributed by atoms with Crippen LogP contribution in [-0.4, -0.2) is 16.9 Å². The molecule has 0 spiro atoms. The van der Waals surface area contributed by atoms with Gasteiger partial charge >= 0.3 is 0 Å². The number of carbonyl (C=O) groups is 1. The second-order valence-corrected chi connectivity index (χ2v) is 6.65. The lowest BCUT2D eigenvalue weighted by atomic mass is 10.0. The standard InChI is InChI=1S/C21H18ClFN2O/c1-14(22)10-18(11-15-6-3-2-4-7-15)25-21(26)17-12-16-8-5-9-19(23)20(16)24-13-17/h2-9,12-13,18H,1,10-11H2,(H,25,26)/t18-/m0/s1. The van der Waals surface area contributed by atoms with E-state index in [-0.39, 0.29) is 17.5 Å². The van der Waals surface area contributed by atoms with Gasteiger partial charge in [-0.3, -0.25) is 9.78 Å². The largest absolute Gasteiger partial charge is 0.349 e. The fraction of sp³-hybridized carbons (Fsp3) is 0.143. The lowest BCUT2D eigenvalue weighted by molar-refractivity contribution is 0.0937. The Balaban J connectivity index is 1.79. The fourth-order valence-corrected chi connectivity index (χ4v) is 3.04. The Morgan fingerprint density at radius 2 is 1.96 bits per heavy atom. The summed E-state index contributed by atoms with van der Waals surface area (Å²) in [5.41, 5.74) is 1.72. The van der Waals surface area contributed by atoms with E-state index in [4.69, 9.17) is 11.6 Å². The van der Waals surface area contributed by atoms with Gasteiger partial charge in [0.2, 0.25) is 0 Å². The van der Waals surface area contributed by atoms with Crippen molar-refractivity contribution in [2.75, 3.05) is 0 Å². The topological polar surface area (TPSA) is 42.0 Å². The van der Waals surface area contributed by atoms with E-state index in [9.17, 15) is 9.18 Å². The molecular formula is C21H18ClFN2O. The molecule has 1 N–H and O–H groups in total. The first-order valence-corrected chi connectivity index (χ1v) is 8.63. The predicted octanol–water partition coefficient (Wildman–Crippen LogP) is 4.86. The Bertz CT molecular complexity index is 943. The SMILES string of the molecule is C=C(Cl)C[C@@H](Cc1ccccc1)NC(=O)c1cnc2c(F)cccc2c1. The molecule has 5 heteroatoms. The predicted molar refractivity (Wildman–Crippen MR) is 103 cm³/mol. The van der Waals surface area contributed by atoms with Gasteiger partial charge in [0, 0.05) is 29.1 Å². The van der Waals surface area contributed by atoms with Crippen LogP contribution in [0, 0.1) is 5.82 Å². The highest BCUT2D eigenvalue weighted by Crippen LogP contribution is 2.18. The summed E-state index contributed by atoms with van der Waals surface area (Å²) in [4.78, 5) is 16.7. The molecule has 1 heterocycles. The second-order valence-electron chi connectivity index (χ2n) is 6.12. The van der Waals surface area contributed by atoms with Crippen molar-refractivity contribution < 1.29 is 9.18 Å². The molecule has 132 valence electrons. The average Bonchev–Trinajstić information content (AvgIpc) is 2.62. The normalized spacial score (nSPS) is 11.9. The molecule has 1 aromatic heterocycles. The van der Waals surface area contributed by atoms with E-state index >= 15 is 0 Å². The number of hydrogen-bond acceptors (Lipinski definition) is 2. The summed E-state index contributed by atoms with van der Waals surface area (Å²) in [5.74, 6) is -0.683. The minimum Gasteiger partial charge on any atom is -0.349 e. The summed E-state index contributed by atoms with van der Waals surface area (Å²) in [6.45, 7) is 3.73. The van der Waals surface area contributed by atoms with Crippen LogP contribution in [0.2, 0.25) is 0 Å². The number of halogens is 2. The Morgan fingerprint density at radius 3 is 2.69 bits per heavy atom. The van der Waals surface area contributed by atoms with Gasteiger partial charge in [-0.05, 0) is 24.1 Å². The van der Waals surface area contributed by atoms with Crippen LogP contribution in [0.15, 0.2) is 72.4 Å². The quantitative estimate of drug-likeness (QED) is 0.675. The van der Waals surface area contributed by atoms with Crippen LogP contribution in [0.5, 0.6) is 0 Å². The van der Waals surface area contributed by atoms with Gasteiger partial charge in [-0.25, -0.2) is 4.39 Å². The number of pyridine rings is 1. The maximum absolute atomic E-state index is 13.7. The van der Waals surface area contributed by atoms with E-state index < -0.39 is 5.82 Å². The zero-order chi connectivity index (χ0) is 18.5. The van der Waals surface area contributed by atoms with Crippen molar-refractivity contribution in [2.45, 2.75) is 18.9 Å². The number of aromatic nitrogens is 1. The highest BCUT2D eigenvalue weighted by molar-refractivity contribution is 6.29. The summed E-state index contributed by atoms with van der Waals surface area (Å²) < 4.78 is 13.7. The van der Waals surface area contributed by atoms with E-state index in [1.807, 2.05) is 30.3 Å². The number of carbonyl (C=O) groups excluding carboxylic acids is 1. The molecule has 3 nitrogen and oxygen atoms in total. The average molecular weight is 369 g/mol. The van der Waals surface area contributed by atoms with Crippen LogP contribution in [0.1, 0.15) is 22.3 Å². The van der Waals surface area contributed by atoms with Crippen LogP contribution < -0.4 is 5.32 Å². The van der Waals surface area contributed by atoms with Gasteiger partial charge in [0.25, 0.3) is 5.91 Å². The van der Waals surface area contributed by atoms with Crippen LogP contribution in [0.3, 0.4) is 0 Å². The Morgan fingerprint density at radius 1 is 1.19 bits per heavy atom. The van der Waals surface area contributed by atoms with E-state index in [2.05, 4.69) is 16.9 Å². The molecule has 0 aliphatic rings. The van der Waals surface area contributed by atoms with Crippen LogP contribution in [0.4, 0.5) is 4.39 Å². The number of para-hydroxylation sites is 1. The molecule has 0 bridgehead atoms. The molecule has 1 atom stereocenters. The number of hydrogen-bond donors (Lipinski definition) is 1. The number of fused-ring (bicyclic) bond motifs is 1. The molecule has 0 saturated heterocycles. The summed E-state index contributed by atoms with van der Waals surface area (Å²) in [5, 5.41) is 4.03. The first kappa shape index (κ1) is 18.1. The minimum absolute atomic E-state index is 0.196. The third-order valence-corrected chi connectivity index (χ3v) is 4.21. The first-order chi connectivity index (χ1) is 12.5. The number of amides is 1. The smallest absolute Gasteiger partial charge is 0.253 e. The van der Waals surface area contributed by atoms with Crippen LogP contribution in [0.25, 0.3) is 10.9 Å². The second kappa shape index (κ2) is 8.11. The van der Waals surface area contributed by atoms with Gasteiger partial charge in [0.05, 0.1) is 5.56 Å². The van der Waals surface area contributed by atoms with Crippen molar-refractivity contribution >= 4 is 28.4 Å². The van der Waals surface area contributed by atoms with E-state index in [0.29, 0.717) is 28.8 Å². The van der Waals surface area contributed by atoms with Crippen molar-refractivity contribution in [3.63, 3.8) is 0 Å². The lowest BCUT2D eigenvalue weighted by Crippen LogP contribution is -2.36. The van der Waals surface area contributed by atoms with Gasteiger partial charge in [0.15, 0.2) is 0 Å². The Labute approximate surface area is 156 Å². The fourth-order valence-electron chi connectivity index (χ4n) is 2.86. The molecule has 0 fully saturated rings. The number of nitrogens with one attached hydrogen (secondary N) is 1.